The first-order valence-electron chi connectivity index (χ1n) is 7.00. The van der Waals surface area contributed by atoms with Gasteiger partial charge in [0, 0.05) is 19.2 Å². The minimum Gasteiger partial charge on any atom is -0.356 e. The van der Waals surface area contributed by atoms with Crippen molar-refractivity contribution in [3.05, 3.63) is 25.0 Å². The number of piperidine rings is 1. The van der Waals surface area contributed by atoms with Gasteiger partial charge in [-0.25, -0.2) is 19.6 Å². The van der Waals surface area contributed by atoms with Gasteiger partial charge in [0.1, 0.15) is 37.2 Å². The molecule has 0 atom stereocenters. The van der Waals surface area contributed by atoms with Gasteiger partial charge in [0.25, 0.3) is 0 Å². The second-order valence-electron chi connectivity index (χ2n) is 4.95. The van der Waals surface area contributed by atoms with E-state index in [1.54, 1.807) is 0 Å². The number of carbonyl (C=O) groups is 1. The molecule has 8 nitrogen and oxygen atoms in total. The maximum absolute atomic E-state index is 11.9. The molecule has 0 radical (unpaired) electrons. The van der Waals surface area contributed by atoms with E-state index in [0.717, 1.165) is 18.9 Å². The second-order valence-corrected chi connectivity index (χ2v) is 4.95. The van der Waals surface area contributed by atoms with Crippen LogP contribution < -0.4 is 10.2 Å². The van der Waals surface area contributed by atoms with Crippen LogP contribution in [0, 0.1) is 0 Å². The van der Waals surface area contributed by atoms with Gasteiger partial charge in [0.2, 0.25) is 5.91 Å². The van der Waals surface area contributed by atoms with E-state index >= 15 is 0 Å². The number of carbonyl (C=O) groups excluding carboxylic acids is 1. The summed E-state index contributed by atoms with van der Waals surface area (Å²) >= 11 is 0. The Bertz CT molecular complexity index is 592. The molecule has 0 aliphatic carbocycles. The van der Waals surface area contributed by atoms with E-state index in [1.807, 2.05) is 6.07 Å². The minimum atomic E-state index is -0.191. The molecule has 1 saturated heterocycles. The number of amides is 1. The first-order valence-corrected chi connectivity index (χ1v) is 7.00. The van der Waals surface area contributed by atoms with Crippen molar-refractivity contribution in [3.8, 4) is 0 Å². The topological polar surface area (TPSA) is 88.8 Å². The van der Waals surface area contributed by atoms with Gasteiger partial charge in [-0.15, -0.1) is 0 Å². The van der Waals surface area contributed by atoms with Crippen LogP contribution in [0.2, 0.25) is 0 Å². The molecule has 2 aromatic rings. The fourth-order valence-electron chi connectivity index (χ4n) is 2.36. The van der Waals surface area contributed by atoms with Crippen LogP contribution in [0.15, 0.2) is 25.0 Å². The lowest BCUT2D eigenvalue weighted by Crippen LogP contribution is -2.30. The van der Waals surface area contributed by atoms with Gasteiger partial charge >= 0.3 is 0 Å². The summed E-state index contributed by atoms with van der Waals surface area (Å²) in [4.78, 5) is 26.3. The lowest BCUT2D eigenvalue weighted by molar-refractivity contribution is -0.116. The summed E-state index contributed by atoms with van der Waals surface area (Å²) in [6.07, 6.45) is 8.00. The average molecular weight is 287 g/mol. The Hall–Kier alpha value is -2.51. The van der Waals surface area contributed by atoms with Crippen LogP contribution >= 0.6 is 0 Å². The number of nitrogens with one attached hydrogen (secondary N) is 1. The molecule has 1 aliphatic heterocycles. The molecule has 21 heavy (non-hydrogen) atoms. The fraction of sp³-hybridized carbons (Fsp3) is 0.462. The molecule has 1 N–H and O–H groups in total. The highest BCUT2D eigenvalue weighted by molar-refractivity contribution is 5.89. The highest BCUT2D eigenvalue weighted by Gasteiger charge is 2.13. The summed E-state index contributed by atoms with van der Waals surface area (Å²) < 4.78 is 1.46. The van der Waals surface area contributed by atoms with Gasteiger partial charge < -0.3 is 10.2 Å². The quantitative estimate of drug-likeness (QED) is 0.890. The molecular formula is C13H17N7O. The van der Waals surface area contributed by atoms with Crippen molar-refractivity contribution in [3.63, 3.8) is 0 Å². The SMILES string of the molecule is O=C(Cn1cncn1)Nc1cc(N2CCCCC2)ncn1. The van der Waals surface area contributed by atoms with Gasteiger partial charge in [-0.05, 0) is 19.3 Å². The van der Waals surface area contributed by atoms with Crippen LogP contribution in [0.1, 0.15) is 19.3 Å². The highest BCUT2D eigenvalue weighted by Crippen LogP contribution is 2.18. The van der Waals surface area contributed by atoms with Gasteiger partial charge in [0.05, 0.1) is 0 Å². The summed E-state index contributed by atoms with van der Waals surface area (Å²) in [7, 11) is 0. The molecule has 0 spiro atoms. The van der Waals surface area contributed by atoms with Crippen LogP contribution in [-0.4, -0.2) is 43.7 Å². The molecule has 1 aliphatic rings. The zero-order valence-corrected chi connectivity index (χ0v) is 11.6. The number of hydrogen-bond donors (Lipinski definition) is 1. The second kappa shape index (κ2) is 6.29. The Kier molecular flexibility index (Phi) is 4.04. The maximum Gasteiger partial charge on any atom is 0.247 e. The van der Waals surface area contributed by atoms with E-state index < -0.39 is 0 Å². The van der Waals surface area contributed by atoms with Crippen molar-refractivity contribution in [1.29, 1.82) is 0 Å². The van der Waals surface area contributed by atoms with E-state index in [-0.39, 0.29) is 12.5 Å². The summed E-state index contributed by atoms with van der Waals surface area (Å²) in [6.45, 7) is 2.12. The zero-order valence-electron chi connectivity index (χ0n) is 11.6. The average Bonchev–Trinajstić information content (AvgIpc) is 3.01. The van der Waals surface area contributed by atoms with Crippen molar-refractivity contribution in [2.24, 2.45) is 0 Å². The smallest absolute Gasteiger partial charge is 0.247 e. The van der Waals surface area contributed by atoms with E-state index in [9.17, 15) is 4.79 Å². The van der Waals surface area contributed by atoms with Crippen LogP contribution in [0.5, 0.6) is 0 Å². The van der Waals surface area contributed by atoms with Crippen LogP contribution in [0.4, 0.5) is 11.6 Å². The van der Waals surface area contributed by atoms with Crippen molar-refractivity contribution < 1.29 is 4.79 Å². The van der Waals surface area contributed by atoms with E-state index in [2.05, 4.69) is 30.3 Å². The van der Waals surface area contributed by atoms with E-state index in [0.29, 0.717) is 5.82 Å². The molecule has 3 rings (SSSR count). The Morgan fingerprint density at radius 2 is 2.05 bits per heavy atom. The largest absolute Gasteiger partial charge is 0.356 e. The molecule has 0 aromatic carbocycles. The standard InChI is InChI=1S/C13H17N7O/c21-13(7-20-10-14-8-17-20)18-11-6-12(16-9-15-11)19-4-2-1-3-5-19/h6,8-10H,1-5,7H2,(H,15,16,18,21). The molecule has 3 heterocycles. The van der Waals surface area contributed by atoms with Gasteiger partial charge in [0.15, 0.2) is 0 Å². The predicted molar refractivity (Wildman–Crippen MR) is 76.7 cm³/mol. The first-order chi connectivity index (χ1) is 10.3. The Balaban J connectivity index is 1.63. The van der Waals surface area contributed by atoms with Gasteiger partial charge in [-0.3, -0.25) is 4.79 Å². The maximum atomic E-state index is 11.9. The Labute approximate surface area is 122 Å². The van der Waals surface area contributed by atoms with E-state index in [4.69, 9.17) is 0 Å². The third kappa shape index (κ3) is 3.53. The van der Waals surface area contributed by atoms with Crippen molar-refractivity contribution in [2.45, 2.75) is 25.8 Å². The zero-order chi connectivity index (χ0) is 14.5. The summed E-state index contributed by atoms with van der Waals surface area (Å²) in [5.41, 5.74) is 0. The molecule has 0 saturated carbocycles. The molecule has 8 heteroatoms. The number of nitrogens with zero attached hydrogens (tertiary/aromatic N) is 6. The molecular weight excluding hydrogens is 270 g/mol. The Morgan fingerprint density at radius 1 is 1.19 bits per heavy atom. The predicted octanol–water partition coefficient (Wildman–Crippen LogP) is 0.697. The van der Waals surface area contributed by atoms with Crippen LogP contribution in [-0.2, 0) is 11.3 Å². The lowest BCUT2D eigenvalue weighted by atomic mass is 10.1. The van der Waals surface area contributed by atoms with Gasteiger partial charge in [-0.1, -0.05) is 0 Å². The summed E-state index contributed by atoms with van der Waals surface area (Å²) in [6, 6.07) is 1.81. The number of aromatic nitrogens is 5. The molecule has 0 bridgehead atoms. The normalized spacial score (nSPS) is 15.0. The Morgan fingerprint density at radius 3 is 2.81 bits per heavy atom. The van der Waals surface area contributed by atoms with Gasteiger partial charge in [-0.2, -0.15) is 5.10 Å². The third-order valence-electron chi connectivity index (χ3n) is 3.37. The van der Waals surface area contributed by atoms with Crippen molar-refractivity contribution >= 4 is 17.5 Å². The molecule has 0 unspecified atom stereocenters. The fourth-order valence-corrected chi connectivity index (χ4v) is 2.36. The van der Waals surface area contributed by atoms with Crippen LogP contribution in [0.3, 0.4) is 0 Å². The highest BCUT2D eigenvalue weighted by atomic mass is 16.2. The van der Waals surface area contributed by atoms with Crippen LogP contribution in [0.25, 0.3) is 0 Å². The molecule has 1 amide bonds. The minimum absolute atomic E-state index is 0.114. The lowest BCUT2D eigenvalue weighted by Gasteiger charge is -2.27. The molecule has 110 valence electrons. The number of hydrogen-bond acceptors (Lipinski definition) is 6. The van der Waals surface area contributed by atoms with E-state index in [1.165, 1.54) is 42.9 Å². The summed E-state index contributed by atoms with van der Waals surface area (Å²) in [5.74, 6) is 1.18. The third-order valence-corrected chi connectivity index (χ3v) is 3.37. The molecule has 1 fully saturated rings. The monoisotopic (exact) mass is 287 g/mol. The number of rotatable bonds is 4. The molecule has 2 aromatic heterocycles. The summed E-state index contributed by atoms with van der Waals surface area (Å²) in [5, 5.41) is 6.65. The number of anilines is 2. The first kappa shape index (κ1) is 13.5. The van der Waals surface area contributed by atoms with Crippen molar-refractivity contribution in [1.82, 2.24) is 24.7 Å². The van der Waals surface area contributed by atoms with Crippen molar-refractivity contribution in [2.75, 3.05) is 23.3 Å².